The summed E-state index contributed by atoms with van der Waals surface area (Å²) in [6.07, 6.45) is 16.2. The van der Waals surface area contributed by atoms with Gasteiger partial charge in [0.2, 0.25) is 0 Å². The Labute approximate surface area is 731 Å². The summed E-state index contributed by atoms with van der Waals surface area (Å²) in [4.78, 5) is 78.7. The Morgan fingerprint density at radius 2 is 0.786 bits per heavy atom. The predicted molar refractivity (Wildman–Crippen MR) is 487 cm³/mol. The number of aliphatic hydroxyl groups is 3. The number of carbonyl (C=O) groups is 3. The van der Waals surface area contributed by atoms with E-state index in [0.717, 1.165) is 202 Å². The third-order valence-electron chi connectivity index (χ3n) is 23.0. The van der Waals surface area contributed by atoms with E-state index in [2.05, 4.69) is 134 Å². The SMILES string of the molecule is CC(C)(CN)CO.CN(Cc1ccccc1)c1cc(-c2cn(CCN3CCOCC3)c3ncccc23)nc2c(C(=O)NCC(C)(C)CO)cnn12.CN(Cc1ccccc1)c1cc(-c2cn(CCN3CCOCC3)c3ncccc23)nc2c(C(=O)O)cnn12.CNc1cc(-c2cn(CCN3CCOCC3)c3ncccc23)nc2c(C(=O)NCC(C)(C)CO)cnn12. The maximum absolute atomic E-state index is 13.4. The Morgan fingerprint density at radius 3 is 1.13 bits per heavy atom. The average molecular weight is 1720 g/mol. The highest BCUT2D eigenvalue weighted by Crippen LogP contribution is 2.37. The zero-order chi connectivity index (χ0) is 88.7. The molecule has 2 aromatic carbocycles. The molecule has 34 heteroatoms. The number of amides is 2. The number of carbonyl (C=O) groups excluding carboxylic acids is 2. The number of morpholine rings is 3. The number of rotatable bonds is 30. The Hall–Kier alpha value is -12.2. The number of hydrogen-bond acceptors (Lipinski definition) is 25. The van der Waals surface area contributed by atoms with Gasteiger partial charge >= 0.3 is 5.97 Å². The van der Waals surface area contributed by atoms with Gasteiger partial charge in [0.1, 0.15) is 51.1 Å². The largest absolute Gasteiger partial charge is 0.477 e. The molecule has 0 saturated carbocycles. The van der Waals surface area contributed by atoms with Crippen LogP contribution in [0.25, 0.3) is 83.8 Å². The Kier molecular flexibility index (Phi) is 29.2. The maximum atomic E-state index is 13.4. The molecular formula is C92H116N24O10. The third-order valence-corrected chi connectivity index (χ3v) is 23.0. The van der Waals surface area contributed by atoms with E-state index < -0.39 is 16.8 Å². The van der Waals surface area contributed by atoms with Gasteiger partial charge in [0.25, 0.3) is 11.8 Å². The minimum atomic E-state index is -1.06. The van der Waals surface area contributed by atoms with Crippen LogP contribution in [-0.4, -0.2) is 284 Å². The Morgan fingerprint density at radius 1 is 0.444 bits per heavy atom. The van der Waals surface area contributed by atoms with E-state index in [-0.39, 0.29) is 42.6 Å². The number of nitrogens with one attached hydrogen (secondary N) is 3. The van der Waals surface area contributed by atoms with Crippen molar-refractivity contribution in [3.63, 3.8) is 0 Å². The average Bonchev–Trinajstić information content (AvgIpc) is 1.61. The molecule has 3 fully saturated rings. The summed E-state index contributed by atoms with van der Waals surface area (Å²) < 4.78 is 28.0. The number of aromatic carboxylic acids is 1. The van der Waals surface area contributed by atoms with Gasteiger partial charge in [-0.15, -0.1) is 0 Å². The topological polar surface area (TPSA) is 382 Å². The minimum absolute atomic E-state index is 0.0298. The lowest BCUT2D eigenvalue weighted by molar-refractivity contribution is 0.0365. The Bertz CT molecular complexity index is 6010. The van der Waals surface area contributed by atoms with E-state index in [1.54, 1.807) is 32.1 Å². The van der Waals surface area contributed by atoms with Crippen molar-refractivity contribution in [2.24, 2.45) is 22.0 Å². The predicted octanol–water partition coefficient (Wildman–Crippen LogP) is 8.71. The van der Waals surface area contributed by atoms with Gasteiger partial charge in [-0.1, -0.05) is 102 Å². The van der Waals surface area contributed by atoms with Crippen LogP contribution in [0.4, 0.5) is 17.5 Å². The second-order valence-corrected chi connectivity index (χ2v) is 34.4. The first kappa shape index (κ1) is 90.0. The lowest BCUT2D eigenvalue weighted by Gasteiger charge is -2.26. The highest BCUT2D eigenvalue weighted by Gasteiger charge is 2.29. The van der Waals surface area contributed by atoms with Crippen molar-refractivity contribution in [3.05, 3.63) is 199 Å². The van der Waals surface area contributed by atoms with Crippen LogP contribution in [0.2, 0.25) is 0 Å². The molecule has 0 radical (unpaired) electrons. The van der Waals surface area contributed by atoms with Crippen LogP contribution in [-0.2, 0) is 46.9 Å². The smallest absolute Gasteiger partial charge is 0.341 e. The third kappa shape index (κ3) is 21.5. The first-order valence-corrected chi connectivity index (χ1v) is 42.8. The summed E-state index contributed by atoms with van der Waals surface area (Å²) >= 11 is 0. The first-order valence-electron chi connectivity index (χ1n) is 42.8. The normalized spacial score (nSPS) is 14.4. The van der Waals surface area contributed by atoms with Crippen LogP contribution < -0.4 is 31.5 Å². The molecule has 664 valence electrons. The number of nitrogens with two attached hydrogens (primary N) is 1. The summed E-state index contributed by atoms with van der Waals surface area (Å²) in [5.74, 6) is 0.653. The van der Waals surface area contributed by atoms with Crippen LogP contribution in [0.3, 0.4) is 0 Å². The molecule has 12 aromatic heterocycles. The number of anilines is 3. The van der Waals surface area contributed by atoms with Gasteiger partial charge < -0.3 is 79.8 Å². The fourth-order valence-corrected chi connectivity index (χ4v) is 15.1. The van der Waals surface area contributed by atoms with E-state index in [9.17, 15) is 29.7 Å². The Balaban J connectivity index is 0.000000148. The van der Waals surface area contributed by atoms with Gasteiger partial charge in [0.05, 0.1) is 75.3 Å². The van der Waals surface area contributed by atoms with Crippen molar-refractivity contribution >= 4 is 85.3 Å². The molecule has 3 saturated heterocycles. The van der Waals surface area contributed by atoms with Gasteiger partial charge in [-0.25, -0.2) is 34.7 Å². The molecule has 9 N–H and O–H groups in total. The molecule has 14 aromatic rings. The number of carboxylic acids is 1. The molecule has 0 unspecified atom stereocenters. The van der Waals surface area contributed by atoms with Crippen molar-refractivity contribution in [2.75, 3.05) is 174 Å². The lowest BCUT2D eigenvalue weighted by atomic mass is 9.95. The quantitative estimate of drug-likeness (QED) is 0.0208. The number of pyridine rings is 3. The molecule has 17 rings (SSSR count). The standard InChI is InChI=1S/C33H40N8O3.C28H29N7O3.C26H34N8O3.C5H13NO/c1-33(2,23-42)22-35-32(43)26-19-36-41-29(38(3)20-24-8-5-4-6-9-24)18-28(37-31(26)41)27-21-40(30-25(27)10-7-11-34-30)13-12-39-14-16-44-17-15-39;1-32(18-20-6-3-2-4-7-20)25-16-24(31-27-22(28(36)37)17-30-35(25)27)23-19-34(26-21(23)8-5-9-29-26)11-10-33-12-14-38-15-13-33;1-26(2,17-35)16-29-25(36)19-14-30-34-22(27-3)13-21(31-24(19)34)20-15-33(23-18(20)5-4-6-28-23)8-7-32-9-11-37-12-10-32;1-5(2,3-6)4-7/h4-11,18-19,21,42H,12-17,20,22-23H2,1-3H3,(H,35,43);2-9,16-17,19H,10-15,18H2,1H3,(H,36,37);4-6,13-15,27,35H,7-12,16-17H2,1-3H3,(H,29,36);7H,3-4,6H2,1-2H3. The number of aromatic nitrogens is 15. The van der Waals surface area contributed by atoms with Crippen molar-refractivity contribution in [1.29, 1.82) is 0 Å². The maximum Gasteiger partial charge on any atom is 0.341 e. The fourth-order valence-electron chi connectivity index (χ4n) is 15.1. The van der Waals surface area contributed by atoms with Crippen LogP contribution in [0.5, 0.6) is 0 Å². The molecule has 3 aliphatic rings. The van der Waals surface area contributed by atoms with Gasteiger partial charge in [0.15, 0.2) is 16.9 Å². The van der Waals surface area contributed by atoms with Crippen LogP contribution in [0.1, 0.15) is 83.7 Å². The van der Waals surface area contributed by atoms with Gasteiger partial charge in [-0.3, -0.25) is 24.3 Å². The van der Waals surface area contributed by atoms with Crippen LogP contribution in [0.15, 0.2) is 171 Å². The number of aliphatic hydroxyl groups excluding tert-OH is 3. The highest BCUT2D eigenvalue weighted by molar-refractivity contribution is 6.03. The number of carboxylic acid groups (broad SMARTS) is 1. The van der Waals surface area contributed by atoms with E-state index in [1.807, 2.05) is 148 Å². The number of nitrogens with zero attached hydrogens (tertiary/aromatic N) is 20. The summed E-state index contributed by atoms with van der Waals surface area (Å²) in [7, 11) is 5.81. The first-order chi connectivity index (χ1) is 60.9. The monoisotopic (exact) mass is 1720 g/mol. The van der Waals surface area contributed by atoms with Gasteiger partial charge in [-0.2, -0.15) is 28.8 Å². The van der Waals surface area contributed by atoms with Crippen molar-refractivity contribution in [1.82, 2.24) is 97.8 Å². The minimum Gasteiger partial charge on any atom is -0.477 e. The molecule has 0 aliphatic carbocycles. The molecule has 2 amide bonds. The van der Waals surface area contributed by atoms with E-state index in [1.165, 1.54) is 12.4 Å². The summed E-state index contributed by atoms with van der Waals surface area (Å²) in [6.45, 7) is 29.2. The summed E-state index contributed by atoms with van der Waals surface area (Å²) in [5, 5.41) is 63.0. The highest BCUT2D eigenvalue weighted by atomic mass is 16.5. The molecule has 34 nitrogen and oxygen atoms in total. The molecular weight excluding hydrogens is 1600 g/mol. The molecule has 0 atom stereocenters. The number of ether oxygens (including phenoxy) is 3. The molecule has 126 heavy (non-hydrogen) atoms. The van der Waals surface area contributed by atoms with Gasteiger partial charge in [0, 0.05) is 250 Å². The van der Waals surface area contributed by atoms with Crippen molar-refractivity contribution in [2.45, 2.75) is 74.3 Å². The zero-order valence-corrected chi connectivity index (χ0v) is 73.3. The van der Waals surface area contributed by atoms with E-state index in [0.29, 0.717) is 72.3 Å². The molecule has 3 aliphatic heterocycles. The molecule has 0 bridgehead atoms. The van der Waals surface area contributed by atoms with Gasteiger partial charge in [-0.05, 0) is 54.1 Å². The fraction of sp³-hybridized carbons (Fsp3) is 0.413. The van der Waals surface area contributed by atoms with Crippen LogP contribution in [0, 0.1) is 16.2 Å². The van der Waals surface area contributed by atoms with Crippen molar-refractivity contribution in [3.8, 4) is 33.8 Å². The number of fused-ring (bicyclic) bond motifs is 6. The second kappa shape index (κ2) is 40.8. The van der Waals surface area contributed by atoms with E-state index >= 15 is 0 Å². The molecule has 15 heterocycles. The molecule has 0 spiro atoms. The summed E-state index contributed by atoms with van der Waals surface area (Å²) in [5.41, 5.74) is 16.3. The lowest BCUT2D eigenvalue weighted by Crippen LogP contribution is -2.38. The number of benzene rings is 2. The number of hydrogen-bond donors (Lipinski definition) is 8. The van der Waals surface area contributed by atoms with Crippen molar-refractivity contribution < 1.29 is 49.0 Å². The zero-order valence-electron chi connectivity index (χ0n) is 73.3. The second-order valence-electron chi connectivity index (χ2n) is 34.4. The summed E-state index contributed by atoms with van der Waals surface area (Å²) in [6, 6.07) is 38.3. The van der Waals surface area contributed by atoms with Crippen LogP contribution >= 0.6 is 0 Å². The van der Waals surface area contributed by atoms with E-state index in [4.69, 9.17) is 45.0 Å².